The molecule has 0 aliphatic carbocycles. The van der Waals surface area contributed by atoms with E-state index in [4.69, 9.17) is 15.2 Å². The first-order valence-corrected chi connectivity index (χ1v) is 6.47. The fourth-order valence-corrected chi connectivity index (χ4v) is 1.92. The Morgan fingerprint density at radius 1 is 1.15 bits per heavy atom. The highest BCUT2D eigenvalue weighted by Crippen LogP contribution is 2.29. The van der Waals surface area contributed by atoms with Gasteiger partial charge in [-0.25, -0.2) is 0 Å². The van der Waals surface area contributed by atoms with Crippen molar-refractivity contribution in [3.63, 3.8) is 0 Å². The number of hydrogen-bond acceptors (Lipinski definition) is 4. The molecular weight excluding hydrogens is 254 g/mol. The van der Waals surface area contributed by atoms with E-state index in [0.717, 1.165) is 5.56 Å². The maximum atomic E-state index is 9.79. The number of aliphatic hydroxyl groups is 1. The molecule has 0 bridgehead atoms. The third kappa shape index (κ3) is 3.50. The van der Waals surface area contributed by atoms with Crippen LogP contribution in [0.1, 0.15) is 17.2 Å². The maximum Gasteiger partial charge on any atom is 0.128 e. The highest BCUT2D eigenvalue weighted by molar-refractivity contribution is 5.42. The zero-order valence-electron chi connectivity index (χ0n) is 11.5. The van der Waals surface area contributed by atoms with Gasteiger partial charge < -0.3 is 20.3 Å². The van der Waals surface area contributed by atoms with Crippen LogP contribution in [0, 0.1) is 0 Å². The van der Waals surface area contributed by atoms with E-state index in [1.165, 1.54) is 0 Å². The van der Waals surface area contributed by atoms with Gasteiger partial charge in [-0.2, -0.15) is 0 Å². The summed E-state index contributed by atoms with van der Waals surface area (Å²) < 4.78 is 11.0. The number of methoxy groups -OCH3 is 1. The van der Waals surface area contributed by atoms with Crippen LogP contribution < -0.4 is 15.2 Å². The minimum atomic E-state index is -0.729. The van der Waals surface area contributed by atoms with E-state index < -0.39 is 6.10 Å². The number of nitrogens with two attached hydrogens (primary N) is 1. The molecule has 0 aliphatic rings. The molecule has 2 aromatic carbocycles. The average Bonchev–Trinajstić information content (AvgIpc) is 2.52. The van der Waals surface area contributed by atoms with Gasteiger partial charge in [0.05, 0.1) is 13.2 Å². The molecule has 2 aromatic rings. The van der Waals surface area contributed by atoms with Gasteiger partial charge in [0.2, 0.25) is 0 Å². The normalized spacial score (nSPS) is 11.9. The Kier molecular flexibility index (Phi) is 4.98. The summed E-state index contributed by atoms with van der Waals surface area (Å²) in [6, 6.07) is 15.3. The lowest BCUT2D eigenvalue weighted by Gasteiger charge is -2.15. The molecule has 20 heavy (non-hydrogen) atoms. The number of benzene rings is 2. The summed E-state index contributed by atoms with van der Waals surface area (Å²) in [5.74, 6) is 1.27. The van der Waals surface area contributed by atoms with Gasteiger partial charge in [0, 0.05) is 18.2 Å². The lowest BCUT2D eigenvalue weighted by Crippen LogP contribution is -2.12. The Labute approximate surface area is 118 Å². The lowest BCUT2D eigenvalue weighted by molar-refractivity contribution is 0.182. The van der Waals surface area contributed by atoms with E-state index in [9.17, 15) is 5.11 Å². The zero-order chi connectivity index (χ0) is 14.4. The van der Waals surface area contributed by atoms with Crippen molar-refractivity contribution in [1.29, 1.82) is 0 Å². The molecule has 1 unspecified atom stereocenters. The topological polar surface area (TPSA) is 64.7 Å². The molecule has 1 atom stereocenters. The summed E-state index contributed by atoms with van der Waals surface area (Å²) >= 11 is 0. The fourth-order valence-electron chi connectivity index (χ4n) is 1.92. The Balaban J connectivity index is 2.09. The predicted molar refractivity (Wildman–Crippen MR) is 77.8 cm³/mol. The molecule has 0 radical (unpaired) electrons. The first-order valence-electron chi connectivity index (χ1n) is 6.47. The number of hydrogen-bond donors (Lipinski definition) is 2. The summed E-state index contributed by atoms with van der Waals surface area (Å²) in [6.45, 7) is 0.642. The maximum absolute atomic E-state index is 9.79. The minimum absolute atomic E-state index is 0.153. The summed E-state index contributed by atoms with van der Waals surface area (Å²) in [6.07, 6.45) is -0.729. The van der Waals surface area contributed by atoms with Crippen LogP contribution in [-0.2, 0) is 6.61 Å². The SMILES string of the molecule is COc1cc(OCc2ccccc2)ccc1C(O)CN. The van der Waals surface area contributed by atoms with E-state index in [-0.39, 0.29) is 6.54 Å². The molecule has 0 fully saturated rings. The second-order valence-corrected chi connectivity index (χ2v) is 4.43. The fraction of sp³-hybridized carbons (Fsp3) is 0.250. The average molecular weight is 273 g/mol. The van der Waals surface area contributed by atoms with Crippen molar-refractivity contribution in [2.75, 3.05) is 13.7 Å². The monoisotopic (exact) mass is 273 g/mol. The van der Waals surface area contributed by atoms with Crippen molar-refractivity contribution < 1.29 is 14.6 Å². The van der Waals surface area contributed by atoms with E-state index >= 15 is 0 Å². The highest BCUT2D eigenvalue weighted by atomic mass is 16.5. The van der Waals surface area contributed by atoms with Crippen LogP contribution in [0.4, 0.5) is 0 Å². The summed E-state index contributed by atoms with van der Waals surface area (Å²) in [4.78, 5) is 0. The number of aliphatic hydroxyl groups excluding tert-OH is 1. The quantitative estimate of drug-likeness (QED) is 0.847. The summed E-state index contributed by atoms with van der Waals surface area (Å²) in [7, 11) is 1.56. The van der Waals surface area contributed by atoms with Gasteiger partial charge in [-0.1, -0.05) is 30.3 Å². The van der Waals surface area contributed by atoms with Crippen LogP contribution in [0.5, 0.6) is 11.5 Å². The Morgan fingerprint density at radius 2 is 1.90 bits per heavy atom. The van der Waals surface area contributed by atoms with E-state index in [0.29, 0.717) is 23.7 Å². The Bertz CT molecular complexity index is 543. The second-order valence-electron chi connectivity index (χ2n) is 4.43. The molecule has 0 aromatic heterocycles. The van der Waals surface area contributed by atoms with Crippen molar-refractivity contribution in [3.05, 3.63) is 59.7 Å². The molecule has 0 heterocycles. The molecule has 4 nitrogen and oxygen atoms in total. The van der Waals surface area contributed by atoms with Gasteiger partial charge in [0.15, 0.2) is 0 Å². The molecule has 0 spiro atoms. The molecule has 3 N–H and O–H groups in total. The van der Waals surface area contributed by atoms with E-state index in [2.05, 4.69) is 0 Å². The molecule has 0 saturated carbocycles. The van der Waals surface area contributed by atoms with Crippen molar-refractivity contribution in [1.82, 2.24) is 0 Å². The molecule has 0 saturated heterocycles. The van der Waals surface area contributed by atoms with Crippen LogP contribution in [0.25, 0.3) is 0 Å². The molecule has 4 heteroatoms. The summed E-state index contributed by atoms with van der Waals surface area (Å²) in [5, 5.41) is 9.79. The highest BCUT2D eigenvalue weighted by Gasteiger charge is 2.12. The van der Waals surface area contributed by atoms with Gasteiger partial charge in [0.25, 0.3) is 0 Å². The van der Waals surface area contributed by atoms with E-state index in [1.807, 2.05) is 30.3 Å². The van der Waals surface area contributed by atoms with E-state index in [1.54, 1.807) is 25.3 Å². The molecule has 2 rings (SSSR count). The smallest absolute Gasteiger partial charge is 0.128 e. The van der Waals surface area contributed by atoms with Gasteiger partial charge >= 0.3 is 0 Å². The van der Waals surface area contributed by atoms with Crippen molar-refractivity contribution >= 4 is 0 Å². The van der Waals surface area contributed by atoms with Gasteiger partial charge in [-0.3, -0.25) is 0 Å². The predicted octanol–water partition coefficient (Wildman–Crippen LogP) is 2.27. The number of rotatable bonds is 6. The largest absolute Gasteiger partial charge is 0.496 e. The van der Waals surface area contributed by atoms with Crippen LogP contribution in [0.3, 0.4) is 0 Å². The molecule has 0 amide bonds. The number of ether oxygens (including phenoxy) is 2. The molecule has 0 aliphatic heterocycles. The summed E-state index contributed by atoms with van der Waals surface area (Å²) in [5.41, 5.74) is 7.23. The van der Waals surface area contributed by atoms with Crippen LogP contribution in [0.2, 0.25) is 0 Å². The van der Waals surface area contributed by atoms with Crippen LogP contribution in [0.15, 0.2) is 48.5 Å². The molecule has 106 valence electrons. The zero-order valence-corrected chi connectivity index (χ0v) is 11.5. The van der Waals surface area contributed by atoms with Crippen LogP contribution in [-0.4, -0.2) is 18.8 Å². The van der Waals surface area contributed by atoms with Gasteiger partial charge in [-0.05, 0) is 17.7 Å². The van der Waals surface area contributed by atoms with Crippen LogP contribution >= 0.6 is 0 Å². The van der Waals surface area contributed by atoms with Crippen molar-refractivity contribution in [3.8, 4) is 11.5 Å². The standard InChI is InChI=1S/C16H19NO3/c1-19-16-9-13(7-8-14(16)15(18)10-17)20-11-12-5-3-2-4-6-12/h2-9,15,18H,10-11,17H2,1H3. The Morgan fingerprint density at radius 3 is 2.55 bits per heavy atom. The second kappa shape index (κ2) is 6.93. The first-order chi connectivity index (χ1) is 9.74. The third-order valence-corrected chi connectivity index (χ3v) is 3.04. The van der Waals surface area contributed by atoms with Crippen molar-refractivity contribution in [2.45, 2.75) is 12.7 Å². The third-order valence-electron chi connectivity index (χ3n) is 3.04. The van der Waals surface area contributed by atoms with Crippen molar-refractivity contribution in [2.24, 2.45) is 5.73 Å². The minimum Gasteiger partial charge on any atom is -0.496 e. The van der Waals surface area contributed by atoms with Gasteiger partial charge in [-0.15, -0.1) is 0 Å². The lowest BCUT2D eigenvalue weighted by atomic mass is 10.1. The van der Waals surface area contributed by atoms with Gasteiger partial charge in [0.1, 0.15) is 18.1 Å². The first kappa shape index (κ1) is 14.4. The molecular formula is C16H19NO3. The Hall–Kier alpha value is -2.04.